The van der Waals surface area contributed by atoms with Crippen LogP contribution in [0.15, 0.2) is 0 Å². The predicted molar refractivity (Wildman–Crippen MR) is 39.4 cm³/mol. The number of methoxy groups -OCH3 is 2. The van der Waals surface area contributed by atoms with Crippen molar-refractivity contribution in [1.29, 1.82) is 0 Å². The summed E-state index contributed by atoms with van der Waals surface area (Å²) < 4.78 is 13.6. The zero-order chi connectivity index (χ0) is 9.56. The fourth-order valence-corrected chi connectivity index (χ4v) is 0.512. The van der Waals surface area contributed by atoms with E-state index in [0.717, 1.165) is 7.11 Å². The molecule has 5 heteroatoms. The highest BCUT2D eigenvalue weighted by Gasteiger charge is 2.22. The monoisotopic (exact) mass is 176 g/mol. The molecule has 5 nitrogen and oxygen atoms in total. The van der Waals surface area contributed by atoms with Crippen molar-refractivity contribution in [3.05, 3.63) is 0 Å². The van der Waals surface area contributed by atoms with Crippen LogP contribution in [-0.4, -0.2) is 38.9 Å². The molecule has 0 aliphatic rings. The number of carbonyl (C=O) groups excluding carboxylic acids is 2. The lowest BCUT2D eigenvalue weighted by atomic mass is 10.2. The molecule has 0 saturated heterocycles. The van der Waals surface area contributed by atoms with Crippen LogP contribution in [0.1, 0.15) is 6.92 Å². The molecule has 0 aromatic rings. The predicted octanol–water partition coefficient (Wildman–Crippen LogP) is -0.262. The molecular formula is C7H12O5. The largest absolute Gasteiger partial charge is 0.463 e. The molecule has 0 spiro atoms. The van der Waals surface area contributed by atoms with E-state index in [2.05, 4.69) is 9.47 Å². The van der Waals surface area contributed by atoms with Gasteiger partial charge in [-0.2, -0.15) is 0 Å². The molecule has 0 radical (unpaired) electrons. The summed E-state index contributed by atoms with van der Waals surface area (Å²) in [7, 11) is 2.57. The number of Topliss-reactive ketones (excluding diaryl/α,β-unsaturated/α-hetero) is 1. The summed E-state index contributed by atoms with van der Waals surface area (Å²) in [5, 5.41) is 0. The van der Waals surface area contributed by atoms with Crippen LogP contribution in [0.25, 0.3) is 0 Å². The second-order valence-electron chi connectivity index (χ2n) is 2.07. The second-order valence-corrected chi connectivity index (χ2v) is 2.07. The molecule has 0 aromatic heterocycles. The molecule has 0 aliphatic carbocycles. The normalized spacial score (nSPS) is 12.2. The summed E-state index contributed by atoms with van der Waals surface area (Å²) in [4.78, 5) is 21.5. The van der Waals surface area contributed by atoms with Gasteiger partial charge < -0.3 is 14.2 Å². The molecule has 0 heterocycles. The number of hydrogen-bond donors (Lipinski definition) is 0. The zero-order valence-electron chi connectivity index (χ0n) is 7.33. The minimum Gasteiger partial charge on any atom is -0.463 e. The number of hydrogen-bond acceptors (Lipinski definition) is 5. The third-order valence-electron chi connectivity index (χ3n) is 1.19. The van der Waals surface area contributed by atoms with Crippen molar-refractivity contribution in [2.75, 3.05) is 21.0 Å². The molecule has 0 N–H and O–H groups in total. The van der Waals surface area contributed by atoms with Crippen LogP contribution in [0.2, 0.25) is 0 Å². The smallest absolute Gasteiger partial charge is 0.377 e. The van der Waals surface area contributed by atoms with Crippen molar-refractivity contribution in [2.45, 2.75) is 13.0 Å². The number of ketones is 1. The lowest BCUT2D eigenvalue weighted by Crippen LogP contribution is -2.29. The van der Waals surface area contributed by atoms with Gasteiger partial charge >= 0.3 is 5.97 Å². The fraction of sp³-hybridized carbons (Fsp3) is 0.714. The summed E-state index contributed by atoms with van der Waals surface area (Å²) in [6, 6.07) is 0. The molecule has 0 amide bonds. The zero-order valence-corrected chi connectivity index (χ0v) is 7.33. The number of carbonyl (C=O) groups is 2. The van der Waals surface area contributed by atoms with Crippen LogP contribution >= 0.6 is 0 Å². The van der Waals surface area contributed by atoms with Crippen LogP contribution in [0, 0.1) is 0 Å². The van der Waals surface area contributed by atoms with Crippen molar-refractivity contribution in [2.24, 2.45) is 0 Å². The topological polar surface area (TPSA) is 61.8 Å². The molecular weight excluding hydrogens is 164 g/mol. The maximum atomic E-state index is 10.9. The first kappa shape index (κ1) is 11.1. The van der Waals surface area contributed by atoms with Crippen LogP contribution in [0.4, 0.5) is 0 Å². The van der Waals surface area contributed by atoms with E-state index in [9.17, 15) is 9.59 Å². The number of esters is 1. The van der Waals surface area contributed by atoms with E-state index in [4.69, 9.17) is 4.74 Å². The van der Waals surface area contributed by atoms with Crippen LogP contribution in [0.5, 0.6) is 0 Å². The summed E-state index contributed by atoms with van der Waals surface area (Å²) in [6.45, 7) is 1.43. The van der Waals surface area contributed by atoms with Crippen molar-refractivity contribution in [1.82, 2.24) is 0 Å². The summed E-state index contributed by atoms with van der Waals surface area (Å²) in [5.41, 5.74) is 0. The minimum absolute atomic E-state index is 0.0239. The Hall–Kier alpha value is -0.940. The minimum atomic E-state index is -0.904. The summed E-state index contributed by atoms with van der Waals surface area (Å²) in [5.74, 6) is -1.62. The van der Waals surface area contributed by atoms with Crippen molar-refractivity contribution >= 4 is 11.8 Å². The first-order valence-electron chi connectivity index (χ1n) is 3.36. The van der Waals surface area contributed by atoms with E-state index < -0.39 is 17.9 Å². The third kappa shape index (κ3) is 3.45. The van der Waals surface area contributed by atoms with Gasteiger partial charge in [-0.05, 0) is 6.92 Å². The van der Waals surface area contributed by atoms with E-state index in [1.807, 2.05) is 0 Å². The second kappa shape index (κ2) is 5.68. The lowest BCUT2D eigenvalue weighted by Gasteiger charge is -2.08. The molecule has 0 unspecified atom stereocenters. The van der Waals surface area contributed by atoms with E-state index in [0.29, 0.717) is 0 Å². The first-order chi connectivity index (χ1) is 5.63. The maximum absolute atomic E-state index is 10.9. The molecule has 0 bridgehead atoms. The molecule has 1 atom stereocenters. The third-order valence-corrected chi connectivity index (χ3v) is 1.19. The van der Waals surface area contributed by atoms with Gasteiger partial charge in [-0.15, -0.1) is 0 Å². The molecule has 12 heavy (non-hydrogen) atoms. The lowest BCUT2D eigenvalue weighted by molar-refractivity contribution is -0.160. The average Bonchev–Trinajstić information content (AvgIpc) is 2.11. The van der Waals surface area contributed by atoms with Gasteiger partial charge in [0.2, 0.25) is 0 Å². The highest BCUT2D eigenvalue weighted by Crippen LogP contribution is 1.94. The molecule has 0 saturated carbocycles. The van der Waals surface area contributed by atoms with Gasteiger partial charge in [0, 0.05) is 7.11 Å². The van der Waals surface area contributed by atoms with E-state index in [1.54, 1.807) is 0 Å². The molecule has 0 rings (SSSR count). The van der Waals surface area contributed by atoms with Gasteiger partial charge in [0.05, 0.1) is 7.11 Å². The van der Waals surface area contributed by atoms with Gasteiger partial charge in [-0.1, -0.05) is 0 Å². The Bertz CT molecular complexity index is 165. The molecule has 0 aromatic carbocycles. The van der Waals surface area contributed by atoms with Crippen molar-refractivity contribution in [3.8, 4) is 0 Å². The molecule has 70 valence electrons. The van der Waals surface area contributed by atoms with E-state index >= 15 is 0 Å². The fourth-order valence-electron chi connectivity index (χ4n) is 0.512. The average molecular weight is 176 g/mol. The quantitative estimate of drug-likeness (QED) is 0.328. The van der Waals surface area contributed by atoms with Crippen molar-refractivity contribution < 1.29 is 23.8 Å². The standard InChI is InChI=1S/C7H12O5/c1-5(12-4-10-2)6(8)7(9)11-3/h5H,4H2,1-3H3/t5-/m0/s1. The van der Waals surface area contributed by atoms with Gasteiger partial charge in [0.15, 0.2) is 0 Å². The van der Waals surface area contributed by atoms with Gasteiger partial charge in [-0.3, -0.25) is 4.79 Å². The number of rotatable bonds is 5. The maximum Gasteiger partial charge on any atom is 0.377 e. The van der Waals surface area contributed by atoms with Gasteiger partial charge in [0.1, 0.15) is 12.9 Å². The Kier molecular flexibility index (Phi) is 5.23. The van der Waals surface area contributed by atoms with E-state index in [-0.39, 0.29) is 6.79 Å². The van der Waals surface area contributed by atoms with Crippen LogP contribution in [-0.2, 0) is 23.8 Å². The molecule has 0 aliphatic heterocycles. The Morgan fingerprint density at radius 1 is 1.33 bits per heavy atom. The van der Waals surface area contributed by atoms with Gasteiger partial charge in [-0.25, -0.2) is 4.79 Å². The van der Waals surface area contributed by atoms with Crippen LogP contribution < -0.4 is 0 Å². The Labute approximate surface area is 70.6 Å². The Morgan fingerprint density at radius 3 is 2.33 bits per heavy atom. The SMILES string of the molecule is COCO[C@@H](C)C(=O)C(=O)OC. The van der Waals surface area contributed by atoms with Crippen molar-refractivity contribution in [3.63, 3.8) is 0 Å². The Morgan fingerprint density at radius 2 is 1.92 bits per heavy atom. The highest BCUT2D eigenvalue weighted by molar-refractivity contribution is 6.35. The number of ether oxygens (including phenoxy) is 3. The van der Waals surface area contributed by atoms with Crippen LogP contribution in [0.3, 0.4) is 0 Å². The van der Waals surface area contributed by atoms with Gasteiger partial charge in [0.25, 0.3) is 5.78 Å². The van der Waals surface area contributed by atoms with E-state index in [1.165, 1.54) is 14.0 Å². The highest BCUT2D eigenvalue weighted by atomic mass is 16.7. The first-order valence-corrected chi connectivity index (χ1v) is 3.36. The Balaban J connectivity index is 3.84. The summed E-state index contributed by atoms with van der Waals surface area (Å²) in [6.07, 6.45) is -0.822. The summed E-state index contributed by atoms with van der Waals surface area (Å²) >= 11 is 0. The molecule has 0 fully saturated rings.